The maximum Gasteiger partial charge on any atom is 0.231 e. The summed E-state index contributed by atoms with van der Waals surface area (Å²) in [6.07, 6.45) is 2.14. The van der Waals surface area contributed by atoms with Crippen LogP contribution in [0.25, 0.3) is 0 Å². The second-order valence-corrected chi connectivity index (χ2v) is 8.37. The molecule has 0 aromatic heterocycles. The van der Waals surface area contributed by atoms with Crippen LogP contribution in [0.3, 0.4) is 0 Å². The van der Waals surface area contributed by atoms with Gasteiger partial charge >= 0.3 is 0 Å². The molecule has 2 aromatic rings. The molecule has 8 nitrogen and oxygen atoms in total. The number of rotatable bonds is 7. The molecule has 0 radical (unpaired) electrons. The van der Waals surface area contributed by atoms with E-state index in [1.54, 1.807) is 19.2 Å². The molecule has 0 bridgehead atoms. The molecule has 2 amide bonds. The molecule has 0 atom stereocenters. The molecular weight excluding hydrogens is 424 g/mol. The van der Waals surface area contributed by atoms with Crippen molar-refractivity contribution < 1.29 is 28.6 Å². The molecule has 2 aliphatic heterocycles. The third-order valence-corrected chi connectivity index (χ3v) is 6.14. The number of likely N-dealkylation sites (tertiary alicyclic amines) is 1. The van der Waals surface area contributed by atoms with Gasteiger partial charge in [0.25, 0.3) is 0 Å². The molecule has 1 N–H and O–H groups in total. The Morgan fingerprint density at radius 1 is 1.09 bits per heavy atom. The maximum atomic E-state index is 12.7. The second kappa shape index (κ2) is 9.94. The Balaban J connectivity index is 1.30. The number of amides is 2. The number of para-hydroxylation sites is 1. The Hall–Kier alpha value is -3.55. The van der Waals surface area contributed by atoms with E-state index >= 15 is 0 Å². The van der Waals surface area contributed by atoms with E-state index in [0.29, 0.717) is 54.4 Å². The van der Waals surface area contributed by atoms with Gasteiger partial charge in [-0.3, -0.25) is 14.4 Å². The summed E-state index contributed by atoms with van der Waals surface area (Å²) < 4.78 is 16.0. The van der Waals surface area contributed by atoms with Crippen molar-refractivity contribution in [3.63, 3.8) is 0 Å². The van der Waals surface area contributed by atoms with Crippen molar-refractivity contribution in [2.75, 3.05) is 32.3 Å². The quantitative estimate of drug-likeness (QED) is 0.647. The predicted octanol–water partition coefficient (Wildman–Crippen LogP) is 3.44. The second-order valence-electron chi connectivity index (χ2n) is 8.37. The van der Waals surface area contributed by atoms with Crippen LogP contribution in [0.4, 0.5) is 5.69 Å². The fraction of sp³-hybridized carbons (Fsp3) is 0.400. The van der Waals surface area contributed by atoms with Crippen molar-refractivity contribution >= 4 is 23.3 Å². The fourth-order valence-electron chi connectivity index (χ4n) is 4.31. The number of hydrogen-bond acceptors (Lipinski definition) is 6. The van der Waals surface area contributed by atoms with Gasteiger partial charge in [0, 0.05) is 36.7 Å². The van der Waals surface area contributed by atoms with Gasteiger partial charge in [-0.1, -0.05) is 18.2 Å². The van der Waals surface area contributed by atoms with Gasteiger partial charge in [0.15, 0.2) is 17.3 Å². The summed E-state index contributed by atoms with van der Waals surface area (Å²) in [5.74, 6) is 1.65. The minimum absolute atomic E-state index is 0.0638. The van der Waals surface area contributed by atoms with E-state index in [4.69, 9.17) is 14.2 Å². The summed E-state index contributed by atoms with van der Waals surface area (Å²) in [7, 11) is 1.60. The number of benzene rings is 2. The first-order chi connectivity index (χ1) is 15.9. The lowest BCUT2D eigenvalue weighted by Gasteiger charge is -2.32. The van der Waals surface area contributed by atoms with Crippen molar-refractivity contribution in [1.29, 1.82) is 0 Å². The molecule has 174 valence electrons. The summed E-state index contributed by atoms with van der Waals surface area (Å²) in [6, 6.07) is 10.8. The first-order valence-electron chi connectivity index (χ1n) is 11.1. The van der Waals surface area contributed by atoms with E-state index < -0.39 is 0 Å². The first-order valence-corrected chi connectivity index (χ1v) is 11.1. The molecule has 1 fully saturated rings. The highest BCUT2D eigenvalue weighted by molar-refractivity contribution is 6.04. The lowest BCUT2D eigenvalue weighted by atomic mass is 9.92. The Labute approximate surface area is 192 Å². The number of carbonyl (C=O) groups excluding carboxylic acids is 3. The van der Waals surface area contributed by atoms with Gasteiger partial charge in [0.05, 0.1) is 19.2 Å². The van der Waals surface area contributed by atoms with Crippen molar-refractivity contribution in [2.24, 2.45) is 5.92 Å². The molecule has 0 saturated carbocycles. The summed E-state index contributed by atoms with van der Waals surface area (Å²) in [4.78, 5) is 39.3. The Morgan fingerprint density at radius 2 is 1.79 bits per heavy atom. The van der Waals surface area contributed by atoms with Crippen LogP contribution in [0, 0.1) is 5.92 Å². The van der Waals surface area contributed by atoms with Crippen LogP contribution in [0.2, 0.25) is 0 Å². The molecule has 8 heteroatoms. The molecule has 2 heterocycles. The highest BCUT2D eigenvalue weighted by atomic mass is 16.7. The van der Waals surface area contributed by atoms with Gasteiger partial charge < -0.3 is 24.4 Å². The summed E-state index contributed by atoms with van der Waals surface area (Å²) in [5.41, 5.74) is 1.70. The third kappa shape index (κ3) is 5.27. The Morgan fingerprint density at radius 3 is 2.48 bits per heavy atom. The zero-order valence-electron chi connectivity index (χ0n) is 18.9. The third-order valence-electron chi connectivity index (χ3n) is 6.14. The monoisotopic (exact) mass is 452 g/mol. The van der Waals surface area contributed by atoms with Crippen LogP contribution in [-0.2, 0) is 16.0 Å². The highest BCUT2D eigenvalue weighted by Gasteiger charge is 2.26. The smallest absolute Gasteiger partial charge is 0.231 e. The Bertz CT molecular complexity index is 1060. The highest BCUT2D eigenvalue weighted by Crippen LogP contribution is 2.37. The van der Waals surface area contributed by atoms with E-state index in [1.807, 2.05) is 29.2 Å². The van der Waals surface area contributed by atoms with Crippen molar-refractivity contribution in [3.8, 4) is 17.2 Å². The van der Waals surface area contributed by atoms with Gasteiger partial charge in [-0.15, -0.1) is 0 Å². The van der Waals surface area contributed by atoms with Crippen LogP contribution in [0.1, 0.15) is 42.1 Å². The van der Waals surface area contributed by atoms with Gasteiger partial charge in [-0.2, -0.15) is 0 Å². The minimum Gasteiger partial charge on any atom is -0.496 e. The number of nitrogens with zero attached hydrogens (tertiary/aromatic N) is 1. The number of methoxy groups -OCH3 is 1. The number of Topliss-reactive ketones (excluding diaryl/α,β-unsaturated/α-hetero) is 1. The topological polar surface area (TPSA) is 94.2 Å². The standard InChI is InChI=1S/C25H28N2O6/c1-16(28)19-13-22-23(33-15-32-22)14-20(19)26-24(29)11-17-7-9-27(10-8-17)25(30)12-18-5-3-4-6-21(18)31-2/h3-6,13-14,17H,7-12,15H2,1-2H3,(H,26,29). The van der Waals surface area contributed by atoms with Crippen molar-refractivity contribution in [1.82, 2.24) is 4.90 Å². The van der Waals surface area contributed by atoms with Crippen LogP contribution in [-0.4, -0.2) is 49.5 Å². The number of ketones is 1. The van der Waals surface area contributed by atoms with Gasteiger partial charge in [0.2, 0.25) is 18.6 Å². The zero-order chi connectivity index (χ0) is 23.4. The molecule has 2 aliphatic rings. The van der Waals surface area contributed by atoms with E-state index in [1.165, 1.54) is 6.92 Å². The molecule has 33 heavy (non-hydrogen) atoms. The average molecular weight is 453 g/mol. The van der Waals surface area contributed by atoms with Crippen LogP contribution < -0.4 is 19.5 Å². The zero-order valence-corrected chi connectivity index (χ0v) is 18.9. The lowest BCUT2D eigenvalue weighted by Crippen LogP contribution is -2.40. The van der Waals surface area contributed by atoms with E-state index in [9.17, 15) is 14.4 Å². The molecule has 4 rings (SSSR count). The largest absolute Gasteiger partial charge is 0.496 e. The number of fused-ring (bicyclic) bond motifs is 1. The summed E-state index contributed by atoms with van der Waals surface area (Å²) in [5, 5.41) is 2.86. The Kier molecular flexibility index (Phi) is 6.82. The molecule has 0 unspecified atom stereocenters. The van der Waals surface area contributed by atoms with Crippen LogP contribution in [0.5, 0.6) is 17.2 Å². The summed E-state index contributed by atoms with van der Waals surface area (Å²) >= 11 is 0. The SMILES string of the molecule is COc1ccccc1CC(=O)N1CCC(CC(=O)Nc2cc3c(cc2C(C)=O)OCO3)CC1. The van der Waals surface area contributed by atoms with E-state index in [2.05, 4.69) is 5.32 Å². The van der Waals surface area contributed by atoms with E-state index in [-0.39, 0.29) is 30.3 Å². The molecule has 0 spiro atoms. The van der Waals surface area contributed by atoms with Gasteiger partial charge in [0.1, 0.15) is 5.75 Å². The van der Waals surface area contributed by atoms with Gasteiger partial charge in [-0.25, -0.2) is 0 Å². The maximum absolute atomic E-state index is 12.7. The number of carbonyl (C=O) groups is 3. The molecule has 0 aliphatic carbocycles. The number of nitrogens with one attached hydrogen (secondary N) is 1. The number of hydrogen-bond donors (Lipinski definition) is 1. The molecular formula is C25H28N2O6. The normalized spacial score (nSPS) is 15.3. The minimum atomic E-state index is -0.162. The van der Waals surface area contributed by atoms with Gasteiger partial charge in [-0.05, 0) is 37.8 Å². The van der Waals surface area contributed by atoms with Crippen LogP contribution >= 0.6 is 0 Å². The fourth-order valence-corrected chi connectivity index (χ4v) is 4.31. The lowest BCUT2D eigenvalue weighted by molar-refractivity contribution is -0.132. The van der Waals surface area contributed by atoms with Crippen molar-refractivity contribution in [2.45, 2.75) is 32.6 Å². The van der Waals surface area contributed by atoms with E-state index in [0.717, 1.165) is 18.4 Å². The predicted molar refractivity (Wildman–Crippen MR) is 122 cm³/mol. The van der Waals surface area contributed by atoms with Crippen LogP contribution in [0.15, 0.2) is 36.4 Å². The molecule has 2 aromatic carbocycles. The number of piperidine rings is 1. The average Bonchev–Trinajstić information content (AvgIpc) is 3.26. The molecule has 1 saturated heterocycles. The number of anilines is 1. The van der Waals surface area contributed by atoms with Crippen molar-refractivity contribution in [3.05, 3.63) is 47.5 Å². The first kappa shape index (κ1) is 22.6. The summed E-state index contributed by atoms with van der Waals surface area (Å²) in [6.45, 7) is 2.78. The number of ether oxygens (including phenoxy) is 3.